The summed E-state index contributed by atoms with van der Waals surface area (Å²) in [6.45, 7) is 13.6. The van der Waals surface area contributed by atoms with Crippen LogP contribution < -0.4 is 0 Å². The fourth-order valence-electron chi connectivity index (χ4n) is 2.50. The zero-order chi connectivity index (χ0) is 12.0. The van der Waals surface area contributed by atoms with Crippen molar-refractivity contribution in [2.45, 2.75) is 78.9 Å². The largest absolute Gasteiger partial charge is 0.241 e. The molecule has 2 nitrogen and oxygen atoms in total. The van der Waals surface area contributed by atoms with E-state index in [0.29, 0.717) is 18.1 Å². The first-order valence-electron chi connectivity index (χ1n) is 6.46. The average Bonchev–Trinajstić information content (AvgIpc) is 2.12. The molecule has 0 aliphatic carbocycles. The summed E-state index contributed by atoms with van der Waals surface area (Å²) in [4.78, 5) is 0. The first-order valence-corrected chi connectivity index (χ1v) is 6.46. The molecule has 0 N–H and O–H groups in total. The molecular weight excluding hydrogens is 184 g/mol. The zero-order valence-electron chi connectivity index (χ0n) is 11.7. The van der Waals surface area contributed by atoms with E-state index < -0.39 is 0 Å². The van der Waals surface area contributed by atoms with E-state index in [1.54, 1.807) is 0 Å². The van der Waals surface area contributed by atoms with Crippen LogP contribution in [0.15, 0.2) is 0 Å². The van der Waals surface area contributed by atoms with Gasteiger partial charge < -0.3 is 0 Å². The van der Waals surface area contributed by atoms with Crippen molar-refractivity contribution in [2.75, 3.05) is 7.05 Å². The lowest BCUT2D eigenvalue weighted by Crippen LogP contribution is -2.52. The number of hydrogen-bond donors (Lipinski definition) is 0. The van der Waals surface area contributed by atoms with Gasteiger partial charge in [-0.3, -0.25) is 0 Å². The van der Waals surface area contributed by atoms with Crippen molar-refractivity contribution in [2.24, 2.45) is 0 Å². The lowest BCUT2D eigenvalue weighted by molar-refractivity contribution is -0.0881. The van der Waals surface area contributed by atoms with Crippen molar-refractivity contribution < 1.29 is 0 Å². The van der Waals surface area contributed by atoms with Gasteiger partial charge in [-0.1, -0.05) is 20.3 Å². The van der Waals surface area contributed by atoms with Gasteiger partial charge in [0.15, 0.2) is 0 Å². The summed E-state index contributed by atoms with van der Waals surface area (Å²) in [7, 11) is 2.24. The first-order chi connectivity index (χ1) is 6.95. The molecule has 2 heteroatoms. The molecule has 0 heterocycles. The third-order valence-electron chi connectivity index (χ3n) is 3.04. The predicted octanol–water partition coefficient (Wildman–Crippen LogP) is 3.53. The van der Waals surface area contributed by atoms with Crippen LogP contribution in [0.25, 0.3) is 0 Å². The second kappa shape index (κ2) is 7.24. The molecule has 0 spiro atoms. The van der Waals surface area contributed by atoms with Gasteiger partial charge in [0.2, 0.25) is 0 Å². The third-order valence-corrected chi connectivity index (χ3v) is 3.04. The molecular formula is C13H30N2. The van der Waals surface area contributed by atoms with Crippen molar-refractivity contribution in [3.05, 3.63) is 0 Å². The second-order valence-corrected chi connectivity index (χ2v) is 4.99. The second-order valence-electron chi connectivity index (χ2n) is 4.99. The highest BCUT2D eigenvalue weighted by Crippen LogP contribution is 2.16. The van der Waals surface area contributed by atoms with Gasteiger partial charge in [-0.2, -0.15) is 0 Å². The number of nitrogens with zero attached hydrogens (tertiary/aromatic N) is 2. The normalized spacial score (nSPS) is 14.6. The molecule has 0 amide bonds. The minimum atomic E-state index is 0.584. The Morgan fingerprint density at radius 3 is 1.67 bits per heavy atom. The smallest absolute Gasteiger partial charge is 0.0240 e. The fraction of sp³-hybridized carbons (Fsp3) is 1.00. The molecule has 0 aromatic heterocycles. The van der Waals surface area contributed by atoms with Crippen molar-refractivity contribution in [3.63, 3.8) is 0 Å². The van der Waals surface area contributed by atoms with E-state index in [1.807, 2.05) is 0 Å². The summed E-state index contributed by atoms with van der Waals surface area (Å²) in [5.74, 6) is 0. The van der Waals surface area contributed by atoms with E-state index in [4.69, 9.17) is 0 Å². The molecule has 0 radical (unpaired) electrons. The van der Waals surface area contributed by atoms with Crippen molar-refractivity contribution in [1.82, 2.24) is 10.0 Å². The molecule has 0 aliphatic rings. The topological polar surface area (TPSA) is 6.48 Å². The monoisotopic (exact) mass is 214 g/mol. The Labute approximate surface area is 96.6 Å². The summed E-state index contributed by atoms with van der Waals surface area (Å²) < 4.78 is 0. The highest BCUT2D eigenvalue weighted by atomic mass is 15.6. The molecule has 1 unspecified atom stereocenters. The summed E-state index contributed by atoms with van der Waals surface area (Å²) in [6, 6.07) is 1.86. The molecule has 0 rings (SSSR count). The summed E-state index contributed by atoms with van der Waals surface area (Å²) >= 11 is 0. The van der Waals surface area contributed by atoms with Crippen LogP contribution in [-0.2, 0) is 0 Å². The Bertz CT molecular complexity index is 147. The highest BCUT2D eigenvalue weighted by molar-refractivity contribution is 4.71. The zero-order valence-corrected chi connectivity index (χ0v) is 11.7. The van der Waals surface area contributed by atoms with Gasteiger partial charge in [0, 0.05) is 25.2 Å². The van der Waals surface area contributed by atoms with E-state index in [0.717, 1.165) is 0 Å². The van der Waals surface area contributed by atoms with Crippen molar-refractivity contribution >= 4 is 0 Å². The Morgan fingerprint density at radius 1 is 0.933 bits per heavy atom. The van der Waals surface area contributed by atoms with Gasteiger partial charge in [-0.15, -0.1) is 0 Å². The molecule has 15 heavy (non-hydrogen) atoms. The van der Waals surface area contributed by atoms with E-state index >= 15 is 0 Å². The number of hydrogen-bond acceptors (Lipinski definition) is 2. The summed E-state index contributed by atoms with van der Waals surface area (Å²) in [6.07, 6.45) is 3.80. The van der Waals surface area contributed by atoms with Crippen LogP contribution in [0.1, 0.15) is 60.8 Å². The maximum absolute atomic E-state index is 2.49. The Morgan fingerprint density at radius 2 is 1.40 bits per heavy atom. The van der Waals surface area contributed by atoms with E-state index in [1.165, 1.54) is 19.3 Å². The van der Waals surface area contributed by atoms with Crippen LogP contribution >= 0.6 is 0 Å². The number of hydrazine groups is 1. The Hall–Kier alpha value is -0.0800. The van der Waals surface area contributed by atoms with Gasteiger partial charge in [-0.25, -0.2) is 10.0 Å². The van der Waals surface area contributed by atoms with Crippen LogP contribution in [0.3, 0.4) is 0 Å². The van der Waals surface area contributed by atoms with Crippen LogP contribution in [0.2, 0.25) is 0 Å². The quantitative estimate of drug-likeness (QED) is 0.598. The van der Waals surface area contributed by atoms with Crippen LogP contribution in [0.4, 0.5) is 0 Å². The maximum Gasteiger partial charge on any atom is 0.0240 e. The summed E-state index contributed by atoms with van der Waals surface area (Å²) in [5, 5.41) is 4.95. The van der Waals surface area contributed by atoms with Gasteiger partial charge in [0.25, 0.3) is 0 Å². The Kier molecular flexibility index (Phi) is 7.20. The molecule has 0 saturated heterocycles. The predicted molar refractivity (Wildman–Crippen MR) is 68.9 cm³/mol. The standard InChI is InChI=1S/C13H30N2/c1-8-10-13(9-2)14(7)15(11(3)4)12(5)6/h11-13H,8-10H2,1-7H3. The first kappa shape index (κ1) is 14.9. The third kappa shape index (κ3) is 4.52. The number of rotatable bonds is 7. The highest BCUT2D eigenvalue weighted by Gasteiger charge is 2.23. The molecule has 1 atom stereocenters. The van der Waals surface area contributed by atoms with Crippen molar-refractivity contribution in [1.29, 1.82) is 0 Å². The fourth-order valence-corrected chi connectivity index (χ4v) is 2.50. The molecule has 0 aromatic carbocycles. The van der Waals surface area contributed by atoms with Crippen LogP contribution in [0, 0.1) is 0 Å². The molecule has 0 bridgehead atoms. The SMILES string of the molecule is CCCC(CC)N(C)N(C(C)C)C(C)C. The van der Waals surface area contributed by atoms with Crippen molar-refractivity contribution in [3.8, 4) is 0 Å². The minimum absolute atomic E-state index is 0.584. The van der Waals surface area contributed by atoms with E-state index in [9.17, 15) is 0 Å². The van der Waals surface area contributed by atoms with Gasteiger partial charge >= 0.3 is 0 Å². The molecule has 0 saturated carbocycles. The molecule has 0 aliphatic heterocycles. The van der Waals surface area contributed by atoms with Crippen LogP contribution in [0.5, 0.6) is 0 Å². The lowest BCUT2D eigenvalue weighted by Gasteiger charge is -2.42. The molecule has 0 aromatic rings. The minimum Gasteiger partial charge on any atom is -0.241 e. The summed E-state index contributed by atoms with van der Waals surface area (Å²) in [5.41, 5.74) is 0. The molecule has 92 valence electrons. The average molecular weight is 214 g/mol. The Balaban J connectivity index is 4.51. The van der Waals surface area contributed by atoms with Gasteiger partial charge in [0.1, 0.15) is 0 Å². The maximum atomic E-state index is 2.49. The molecule has 0 fully saturated rings. The van der Waals surface area contributed by atoms with Gasteiger partial charge in [0.05, 0.1) is 0 Å². The van der Waals surface area contributed by atoms with Gasteiger partial charge in [-0.05, 0) is 40.5 Å². The van der Waals surface area contributed by atoms with Crippen LogP contribution in [-0.4, -0.2) is 35.2 Å². The van der Waals surface area contributed by atoms with E-state index in [2.05, 4.69) is 58.6 Å². The van der Waals surface area contributed by atoms with E-state index in [-0.39, 0.29) is 0 Å². The lowest BCUT2D eigenvalue weighted by atomic mass is 10.1.